The van der Waals surface area contributed by atoms with Crippen molar-refractivity contribution in [2.24, 2.45) is 0 Å². The van der Waals surface area contributed by atoms with Gasteiger partial charge in [-0.15, -0.1) is 0 Å². The zero-order valence-corrected chi connectivity index (χ0v) is 9.88. The standard InChI is InChI=1S/C9H9ClN2O3S/c1-6(5-11)16(14,15)12-8-4-2-3-7(10)9(8)13/h2-4,6,12-13H,1H3. The fraction of sp³-hybridized carbons (Fsp3) is 0.222. The maximum Gasteiger partial charge on any atom is 0.248 e. The van der Waals surface area contributed by atoms with Crippen LogP contribution in [0.2, 0.25) is 5.02 Å². The van der Waals surface area contributed by atoms with Gasteiger partial charge in [-0.2, -0.15) is 5.26 Å². The number of anilines is 1. The fourth-order valence-electron chi connectivity index (χ4n) is 0.909. The molecular weight excluding hydrogens is 252 g/mol. The van der Waals surface area contributed by atoms with Gasteiger partial charge < -0.3 is 5.11 Å². The van der Waals surface area contributed by atoms with Gasteiger partial charge in [-0.05, 0) is 19.1 Å². The highest BCUT2D eigenvalue weighted by molar-refractivity contribution is 7.93. The Morgan fingerprint density at radius 1 is 1.56 bits per heavy atom. The summed E-state index contributed by atoms with van der Waals surface area (Å²) in [4.78, 5) is 0. The van der Waals surface area contributed by atoms with Crippen molar-refractivity contribution in [1.82, 2.24) is 0 Å². The number of aromatic hydroxyl groups is 1. The van der Waals surface area contributed by atoms with Crippen LogP contribution in [0.15, 0.2) is 18.2 Å². The molecular formula is C9H9ClN2O3S. The second kappa shape index (κ2) is 4.60. The van der Waals surface area contributed by atoms with E-state index in [1.54, 1.807) is 6.07 Å². The molecule has 1 unspecified atom stereocenters. The zero-order chi connectivity index (χ0) is 12.3. The molecule has 0 saturated heterocycles. The third kappa shape index (κ3) is 2.56. The van der Waals surface area contributed by atoms with Crippen molar-refractivity contribution < 1.29 is 13.5 Å². The molecule has 0 aliphatic heterocycles. The predicted molar refractivity (Wildman–Crippen MR) is 60.7 cm³/mol. The summed E-state index contributed by atoms with van der Waals surface area (Å²) < 4.78 is 25.1. The third-order valence-electron chi connectivity index (χ3n) is 1.89. The zero-order valence-electron chi connectivity index (χ0n) is 8.31. The van der Waals surface area contributed by atoms with Crippen molar-refractivity contribution in [3.8, 4) is 11.8 Å². The highest BCUT2D eigenvalue weighted by atomic mass is 35.5. The summed E-state index contributed by atoms with van der Waals surface area (Å²) >= 11 is 5.61. The quantitative estimate of drug-likeness (QED) is 0.810. The SMILES string of the molecule is CC(C#N)S(=O)(=O)Nc1cccc(Cl)c1O. The van der Waals surface area contributed by atoms with Crippen molar-refractivity contribution in [2.45, 2.75) is 12.2 Å². The van der Waals surface area contributed by atoms with Gasteiger partial charge in [0.05, 0.1) is 16.8 Å². The first-order chi connectivity index (χ1) is 7.38. The molecule has 0 saturated carbocycles. The summed E-state index contributed by atoms with van der Waals surface area (Å²) in [6.07, 6.45) is 0. The van der Waals surface area contributed by atoms with Gasteiger partial charge in [0.1, 0.15) is 0 Å². The topological polar surface area (TPSA) is 90.2 Å². The third-order valence-corrected chi connectivity index (χ3v) is 3.73. The predicted octanol–water partition coefficient (Wildman–Crippen LogP) is 1.70. The number of nitrogens with zero attached hydrogens (tertiary/aromatic N) is 1. The van der Waals surface area contributed by atoms with E-state index in [1.165, 1.54) is 25.1 Å². The molecule has 16 heavy (non-hydrogen) atoms. The van der Waals surface area contributed by atoms with Crippen molar-refractivity contribution >= 4 is 27.3 Å². The molecule has 0 aromatic heterocycles. The number of hydrogen-bond acceptors (Lipinski definition) is 4. The highest BCUT2D eigenvalue weighted by Gasteiger charge is 2.21. The number of sulfonamides is 1. The molecule has 0 heterocycles. The maximum absolute atomic E-state index is 11.5. The van der Waals surface area contributed by atoms with Crippen molar-refractivity contribution in [2.75, 3.05) is 4.72 Å². The van der Waals surface area contributed by atoms with Crippen LogP contribution in [0.5, 0.6) is 5.75 Å². The van der Waals surface area contributed by atoms with Crippen LogP contribution in [0.1, 0.15) is 6.92 Å². The molecule has 5 nitrogen and oxygen atoms in total. The van der Waals surface area contributed by atoms with E-state index in [4.69, 9.17) is 16.9 Å². The maximum atomic E-state index is 11.5. The number of benzene rings is 1. The van der Waals surface area contributed by atoms with E-state index in [9.17, 15) is 13.5 Å². The molecule has 1 rings (SSSR count). The van der Waals surface area contributed by atoms with E-state index in [2.05, 4.69) is 4.72 Å². The number of phenolic OH excluding ortho intramolecular Hbond substituents is 1. The molecule has 0 amide bonds. The minimum absolute atomic E-state index is 0.0322. The molecule has 0 spiro atoms. The van der Waals surface area contributed by atoms with E-state index in [0.717, 1.165) is 0 Å². The van der Waals surface area contributed by atoms with Gasteiger partial charge in [0.15, 0.2) is 11.0 Å². The summed E-state index contributed by atoms with van der Waals surface area (Å²) in [6, 6.07) is 5.85. The lowest BCUT2D eigenvalue weighted by Gasteiger charge is -2.10. The van der Waals surface area contributed by atoms with Crippen molar-refractivity contribution in [1.29, 1.82) is 5.26 Å². The Hall–Kier alpha value is -1.45. The number of nitrogens with one attached hydrogen (secondary N) is 1. The first-order valence-corrected chi connectivity index (χ1v) is 6.19. The average Bonchev–Trinajstić information content (AvgIpc) is 2.23. The Kier molecular flexibility index (Phi) is 3.62. The second-order valence-corrected chi connectivity index (χ2v) is 5.46. The molecule has 0 fully saturated rings. The molecule has 1 aromatic carbocycles. The molecule has 0 radical (unpaired) electrons. The van der Waals surface area contributed by atoms with Crippen LogP contribution < -0.4 is 4.72 Å². The fourth-order valence-corrected chi connectivity index (χ4v) is 1.87. The molecule has 2 N–H and O–H groups in total. The first-order valence-electron chi connectivity index (χ1n) is 4.27. The minimum Gasteiger partial charge on any atom is -0.504 e. The number of rotatable bonds is 3. The Morgan fingerprint density at radius 3 is 2.75 bits per heavy atom. The van der Waals surface area contributed by atoms with E-state index >= 15 is 0 Å². The summed E-state index contributed by atoms with van der Waals surface area (Å²) in [5.41, 5.74) is -0.0467. The highest BCUT2D eigenvalue weighted by Crippen LogP contribution is 2.32. The van der Waals surface area contributed by atoms with Gasteiger partial charge in [0.2, 0.25) is 10.0 Å². The van der Waals surface area contributed by atoms with Crippen molar-refractivity contribution in [3.05, 3.63) is 23.2 Å². The molecule has 0 aliphatic carbocycles. The monoisotopic (exact) mass is 260 g/mol. The number of halogens is 1. The molecule has 0 aliphatic rings. The van der Waals surface area contributed by atoms with E-state index in [0.29, 0.717) is 0 Å². The summed E-state index contributed by atoms with van der Waals surface area (Å²) in [5, 5.41) is 16.8. The lowest BCUT2D eigenvalue weighted by Crippen LogP contribution is -2.23. The molecule has 86 valence electrons. The lowest BCUT2D eigenvalue weighted by molar-refractivity contribution is 0.478. The molecule has 0 bridgehead atoms. The number of para-hydroxylation sites is 1. The summed E-state index contributed by atoms with van der Waals surface area (Å²) in [7, 11) is -3.83. The van der Waals surface area contributed by atoms with Crippen LogP contribution in [0.3, 0.4) is 0 Å². The molecule has 1 aromatic rings. The second-order valence-electron chi connectivity index (χ2n) is 3.05. The van der Waals surface area contributed by atoms with Gasteiger partial charge >= 0.3 is 0 Å². The van der Waals surface area contributed by atoms with Gasteiger partial charge in [-0.25, -0.2) is 8.42 Å². The summed E-state index contributed by atoms with van der Waals surface area (Å²) in [5.74, 6) is -0.363. The number of phenols is 1. The smallest absolute Gasteiger partial charge is 0.248 e. The van der Waals surface area contributed by atoms with Crippen LogP contribution >= 0.6 is 11.6 Å². The Morgan fingerprint density at radius 2 is 2.19 bits per heavy atom. The first kappa shape index (κ1) is 12.6. The van der Waals surface area contributed by atoms with Crippen LogP contribution in [-0.4, -0.2) is 18.8 Å². The average molecular weight is 261 g/mol. The lowest BCUT2D eigenvalue weighted by atomic mass is 10.3. The number of nitriles is 1. The minimum atomic E-state index is -3.83. The Bertz CT molecular complexity index is 536. The largest absolute Gasteiger partial charge is 0.504 e. The number of hydrogen-bond donors (Lipinski definition) is 2. The van der Waals surface area contributed by atoms with Gasteiger partial charge in [-0.1, -0.05) is 17.7 Å². The van der Waals surface area contributed by atoms with Gasteiger partial charge in [0, 0.05) is 0 Å². The molecule has 7 heteroatoms. The van der Waals surface area contributed by atoms with Crippen LogP contribution in [0.25, 0.3) is 0 Å². The Balaban J connectivity index is 3.08. The Labute approximate surface area is 98.3 Å². The van der Waals surface area contributed by atoms with E-state index in [-0.39, 0.29) is 16.5 Å². The van der Waals surface area contributed by atoms with Gasteiger partial charge in [-0.3, -0.25) is 4.72 Å². The van der Waals surface area contributed by atoms with Crippen LogP contribution in [0.4, 0.5) is 5.69 Å². The summed E-state index contributed by atoms with van der Waals surface area (Å²) in [6.45, 7) is 1.24. The van der Waals surface area contributed by atoms with Crippen molar-refractivity contribution in [3.63, 3.8) is 0 Å². The van der Waals surface area contributed by atoms with Crippen LogP contribution in [-0.2, 0) is 10.0 Å². The van der Waals surface area contributed by atoms with Gasteiger partial charge in [0.25, 0.3) is 0 Å². The van der Waals surface area contributed by atoms with E-state index in [1.807, 2.05) is 0 Å². The normalized spacial score (nSPS) is 12.8. The molecule has 1 atom stereocenters. The van der Waals surface area contributed by atoms with E-state index < -0.39 is 15.3 Å². The van der Waals surface area contributed by atoms with Crippen LogP contribution in [0, 0.1) is 11.3 Å².